The average Bonchev–Trinajstić information content (AvgIpc) is 2.92. The Bertz CT molecular complexity index is 1470. The summed E-state index contributed by atoms with van der Waals surface area (Å²) >= 11 is 5.82. The van der Waals surface area contributed by atoms with Gasteiger partial charge < -0.3 is 24.2 Å². The first-order valence-electron chi connectivity index (χ1n) is 14.7. The van der Waals surface area contributed by atoms with Crippen molar-refractivity contribution in [3.8, 4) is 5.75 Å². The minimum atomic E-state index is -1.15. The molecule has 0 saturated carbocycles. The standard InChI is InChI=1S/C33H39ClF2N2O7/c1-32(2,3)44-30(41)37-17-21-16-22(26(29(39)40)25(18-37)38(21)31(42)45-33(4,5)6)20-11-9-19(10-12-20)8-7-15-43-28-24(36)14-13-23(35)27(28)34/h9-14,16,21,25-26H,7-8,15,17-18H2,1-6H3,(H,39,40)/t21-,25-,26?/m1/s1. The number of hydrogen-bond acceptors (Lipinski definition) is 6. The number of halogens is 3. The Morgan fingerprint density at radius 1 is 0.911 bits per heavy atom. The topological polar surface area (TPSA) is 106 Å². The van der Waals surface area contributed by atoms with E-state index in [0.29, 0.717) is 24.0 Å². The highest BCUT2D eigenvalue weighted by molar-refractivity contribution is 6.32. The second-order valence-electron chi connectivity index (χ2n) is 13.2. The zero-order chi connectivity index (χ0) is 33.3. The smallest absolute Gasteiger partial charge is 0.411 e. The molecular weight excluding hydrogens is 610 g/mol. The molecule has 3 atom stereocenters. The molecule has 1 N–H and O–H groups in total. The molecule has 1 saturated heterocycles. The Hall–Kier alpha value is -3.86. The molecule has 244 valence electrons. The number of piperazine rings is 1. The van der Waals surface area contributed by atoms with E-state index in [-0.39, 0.29) is 25.4 Å². The first-order chi connectivity index (χ1) is 20.9. The van der Waals surface area contributed by atoms with Crippen LogP contribution < -0.4 is 4.74 Å². The van der Waals surface area contributed by atoms with Gasteiger partial charge >= 0.3 is 18.2 Å². The van der Waals surface area contributed by atoms with E-state index in [1.165, 1.54) is 9.80 Å². The number of carbonyl (C=O) groups is 3. The summed E-state index contributed by atoms with van der Waals surface area (Å²) in [6, 6.07) is 7.66. The molecule has 12 heteroatoms. The Labute approximate surface area is 266 Å². The molecule has 2 aliphatic rings. The SMILES string of the molecule is CC(C)(C)OC(=O)N1C[C@H]2C=C(c3ccc(CCCOc4c(F)ccc(F)c4Cl)cc3)C(C(=O)O)[C@@H](C1)N2C(=O)OC(C)(C)C. The van der Waals surface area contributed by atoms with Crippen molar-refractivity contribution >= 4 is 35.3 Å². The third-order valence-corrected chi connectivity index (χ3v) is 7.64. The summed E-state index contributed by atoms with van der Waals surface area (Å²) in [6.45, 7) is 10.6. The van der Waals surface area contributed by atoms with Gasteiger partial charge in [-0.2, -0.15) is 0 Å². The Kier molecular flexibility index (Phi) is 10.0. The van der Waals surface area contributed by atoms with Gasteiger partial charge in [0.2, 0.25) is 0 Å². The highest BCUT2D eigenvalue weighted by Gasteiger charge is 2.51. The summed E-state index contributed by atoms with van der Waals surface area (Å²) in [5, 5.41) is 10.0. The van der Waals surface area contributed by atoms with Crippen molar-refractivity contribution in [2.24, 2.45) is 5.92 Å². The first kappa shape index (κ1) is 34.0. The van der Waals surface area contributed by atoms with Crippen molar-refractivity contribution in [1.82, 2.24) is 9.80 Å². The van der Waals surface area contributed by atoms with Crippen LogP contribution >= 0.6 is 11.6 Å². The van der Waals surface area contributed by atoms with Crippen LogP contribution in [0.25, 0.3) is 5.57 Å². The highest BCUT2D eigenvalue weighted by atomic mass is 35.5. The molecule has 4 rings (SSSR count). The molecule has 2 aliphatic heterocycles. The summed E-state index contributed by atoms with van der Waals surface area (Å²) in [4.78, 5) is 42.0. The number of aliphatic carboxylic acids is 1. The van der Waals surface area contributed by atoms with Crippen molar-refractivity contribution in [3.05, 3.63) is 70.3 Å². The number of nitrogens with zero attached hydrogens (tertiary/aromatic N) is 2. The quantitative estimate of drug-likeness (QED) is 0.256. The third-order valence-electron chi connectivity index (χ3n) is 7.29. The maximum Gasteiger partial charge on any atom is 0.411 e. The molecule has 0 aromatic heterocycles. The summed E-state index contributed by atoms with van der Waals surface area (Å²) in [7, 11) is 0. The van der Waals surface area contributed by atoms with E-state index in [1.54, 1.807) is 47.6 Å². The lowest BCUT2D eigenvalue weighted by Gasteiger charge is -2.50. The fourth-order valence-electron chi connectivity index (χ4n) is 5.45. The second-order valence-corrected chi connectivity index (χ2v) is 13.5. The number of fused-ring (bicyclic) bond motifs is 2. The van der Waals surface area contributed by atoms with Crippen LogP contribution in [0.15, 0.2) is 42.5 Å². The van der Waals surface area contributed by atoms with E-state index in [4.69, 9.17) is 25.8 Å². The van der Waals surface area contributed by atoms with Crippen LogP contribution in [-0.2, 0) is 20.7 Å². The molecule has 2 bridgehead atoms. The lowest BCUT2D eigenvalue weighted by Crippen LogP contribution is -2.66. The van der Waals surface area contributed by atoms with Crippen LogP contribution in [-0.4, -0.2) is 76.0 Å². The van der Waals surface area contributed by atoms with E-state index in [2.05, 4.69) is 0 Å². The zero-order valence-electron chi connectivity index (χ0n) is 26.2. The van der Waals surface area contributed by atoms with Crippen molar-refractivity contribution in [2.75, 3.05) is 19.7 Å². The van der Waals surface area contributed by atoms with Crippen molar-refractivity contribution in [2.45, 2.75) is 77.7 Å². The lowest BCUT2D eigenvalue weighted by atomic mass is 9.78. The molecule has 1 fully saturated rings. The van der Waals surface area contributed by atoms with Crippen LogP contribution in [0.1, 0.15) is 59.1 Å². The van der Waals surface area contributed by atoms with Gasteiger partial charge in [0.15, 0.2) is 11.6 Å². The number of benzene rings is 2. The third kappa shape index (κ3) is 8.25. The number of amides is 2. The number of carboxylic acids is 1. The number of ether oxygens (including phenoxy) is 3. The fraction of sp³-hybridized carbons (Fsp3) is 0.485. The maximum atomic E-state index is 14.0. The normalized spacial score (nSPS) is 19.9. The molecule has 9 nitrogen and oxygen atoms in total. The van der Waals surface area contributed by atoms with Gasteiger partial charge in [0.1, 0.15) is 28.0 Å². The number of carboxylic acid groups (broad SMARTS) is 1. The maximum absolute atomic E-state index is 14.0. The first-order valence-corrected chi connectivity index (χ1v) is 15.1. The molecule has 2 aromatic rings. The highest BCUT2D eigenvalue weighted by Crippen LogP contribution is 2.39. The molecule has 1 unspecified atom stereocenters. The Balaban J connectivity index is 1.55. The molecule has 0 spiro atoms. The summed E-state index contributed by atoms with van der Waals surface area (Å²) in [6.07, 6.45) is 1.52. The summed E-state index contributed by atoms with van der Waals surface area (Å²) < 4.78 is 44.2. The molecule has 2 amide bonds. The summed E-state index contributed by atoms with van der Waals surface area (Å²) in [5.41, 5.74) is 0.562. The van der Waals surface area contributed by atoms with Crippen molar-refractivity contribution in [3.63, 3.8) is 0 Å². The number of aryl methyl sites for hydroxylation is 1. The van der Waals surface area contributed by atoms with Gasteiger partial charge in [-0.25, -0.2) is 18.4 Å². The van der Waals surface area contributed by atoms with Crippen LogP contribution in [0.2, 0.25) is 5.02 Å². The average molecular weight is 649 g/mol. The van der Waals surface area contributed by atoms with Crippen molar-refractivity contribution < 1.29 is 42.5 Å². The molecular formula is C33H39ClF2N2O7. The number of hydrogen-bond donors (Lipinski definition) is 1. The van der Waals surface area contributed by atoms with Crippen molar-refractivity contribution in [1.29, 1.82) is 0 Å². The van der Waals surface area contributed by atoms with Gasteiger partial charge in [0.05, 0.1) is 18.7 Å². The molecule has 45 heavy (non-hydrogen) atoms. The Morgan fingerprint density at radius 3 is 2.11 bits per heavy atom. The van der Waals surface area contributed by atoms with E-state index >= 15 is 0 Å². The Morgan fingerprint density at radius 2 is 1.51 bits per heavy atom. The number of rotatable bonds is 7. The lowest BCUT2D eigenvalue weighted by molar-refractivity contribution is -0.143. The van der Waals surface area contributed by atoms with Gasteiger partial charge in [-0.1, -0.05) is 41.9 Å². The van der Waals surface area contributed by atoms with E-state index in [0.717, 1.165) is 17.7 Å². The number of carbonyl (C=O) groups excluding carboxylic acids is 2. The largest absolute Gasteiger partial charge is 0.489 e. The minimum Gasteiger partial charge on any atom is -0.489 e. The monoisotopic (exact) mass is 648 g/mol. The molecule has 0 aliphatic carbocycles. The van der Waals surface area contributed by atoms with Crippen LogP contribution in [0.4, 0.5) is 18.4 Å². The van der Waals surface area contributed by atoms with Crippen LogP contribution in [0, 0.1) is 17.6 Å². The van der Waals surface area contributed by atoms with Gasteiger partial charge in [-0.3, -0.25) is 9.69 Å². The predicted octanol–water partition coefficient (Wildman–Crippen LogP) is 6.95. The minimum absolute atomic E-state index is 0.0486. The van der Waals surface area contributed by atoms with Gasteiger partial charge in [0.25, 0.3) is 0 Å². The van der Waals surface area contributed by atoms with Gasteiger partial charge in [-0.15, -0.1) is 0 Å². The van der Waals surface area contributed by atoms with E-state index in [1.807, 2.05) is 24.3 Å². The summed E-state index contributed by atoms with van der Waals surface area (Å²) in [5.74, 6) is -4.13. The van der Waals surface area contributed by atoms with E-state index < -0.39 is 64.0 Å². The molecule has 0 radical (unpaired) electrons. The second kappa shape index (κ2) is 13.2. The van der Waals surface area contributed by atoms with Gasteiger partial charge in [0, 0.05) is 13.1 Å². The van der Waals surface area contributed by atoms with Gasteiger partial charge in [-0.05, 0) is 83.2 Å². The van der Waals surface area contributed by atoms with Crippen LogP contribution in [0.5, 0.6) is 5.75 Å². The van der Waals surface area contributed by atoms with E-state index in [9.17, 15) is 28.3 Å². The zero-order valence-corrected chi connectivity index (χ0v) is 27.0. The predicted molar refractivity (Wildman–Crippen MR) is 164 cm³/mol. The van der Waals surface area contributed by atoms with Crippen LogP contribution in [0.3, 0.4) is 0 Å². The fourth-order valence-corrected chi connectivity index (χ4v) is 5.66. The molecule has 2 heterocycles. The molecule has 2 aromatic carbocycles.